The SMILES string of the molecule is CCNC[C@H](O)c1ccccc1.Cl.O=[N+]([O-])c1ccccc1. The summed E-state index contributed by atoms with van der Waals surface area (Å²) >= 11 is 0. The number of aliphatic hydroxyl groups excluding tert-OH is 1. The number of nitro groups is 1. The van der Waals surface area contributed by atoms with Crippen molar-refractivity contribution in [2.75, 3.05) is 13.1 Å². The maximum atomic E-state index is 10.0. The van der Waals surface area contributed by atoms with E-state index in [0.717, 1.165) is 12.1 Å². The van der Waals surface area contributed by atoms with Crippen LogP contribution in [0.5, 0.6) is 0 Å². The fourth-order valence-corrected chi connectivity index (χ4v) is 1.62. The summed E-state index contributed by atoms with van der Waals surface area (Å²) in [6, 6.07) is 17.6. The molecule has 0 radical (unpaired) electrons. The van der Waals surface area contributed by atoms with Gasteiger partial charge in [-0.3, -0.25) is 10.1 Å². The Labute approximate surface area is 136 Å². The molecule has 2 N–H and O–H groups in total. The highest BCUT2D eigenvalue weighted by Crippen LogP contribution is 2.10. The third-order valence-corrected chi connectivity index (χ3v) is 2.74. The predicted octanol–water partition coefficient (Wildman–Crippen LogP) is 3.35. The van der Waals surface area contributed by atoms with Crippen LogP contribution >= 0.6 is 12.4 Å². The Balaban J connectivity index is 0.000000397. The molecule has 5 nitrogen and oxygen atoms in total. The number of nitrogens with zero attached hydrogens (tertiary/aromatic N) is 1. The maximum Gasteiger partial charge on any atom is 0.269 e. The summed E-state index contributed by atoms with van der Waals surface area (Å²) in [6.45, 7) is 3.54. The second-order valence-electron chi connectivity index (χ2n) is 4.33. The van der Waals surface area contributed by atoms with E-state index < -0.39 is 4.92 Å². The van der Waals surface area contributed by atoms with Gasteiger partial charge in [0.2, 0.25) is 0 Å². The van der Waals surface area contributed by atoms with Crippen LogP contribution in [0.1, 0.15) is 18.6 Å². The van der Waals surface area contributed by atoms with E-state index in [0.29, 0.717) is 6.54 Å². The molecule has 2 rings (SSSR count). The highest BCUT2D eigenvalue weighted by molar-refractivity contribution is 5.85. The summed E-state index contributed by atoms with van der Waals surface area (Å²) in [4.78, 5) is 9.59. The van der Waals surface area contributed by atoms with Crippen LogP contribution in [0.25, 0.3) is 0 Å². The number of para-hydroxylation sites is 1. The average molecular weight is 325 g/mol. The summed E-state index contributed by atoms with van der Waals surface area (Å²) in [5, 5.41) is 22.7. The predicted molar refractivity (Wildman–Crippen MR) is 90.3 cm³/mol. The number of benzene rings is 2. The minimum absolute atomic E-state index is 0. The van der Waals surface area contributed by atoms with Crippen LogP contribution in [0.15, 0.2) is 60.7 Å². The Morgan fingerprint density at radius 1 is 1.09 bits per heavy atom. The zero-order valence-electron chi connectivity index (χ0n) is 12.4. The summed E-state index contributed by atoms with van der Waals surface area (Å²) < 4.78 is 0. The summed E-state index contributed by atoms with van der Waals surface area (Å²) in [6.07, 6.45) is -0.383. The van der Waals surface area contributed by atoms with E-state index in [9.17, 15) is 15.2 Å². The van der Waals surface area contributed by atoms with Gasteiger partial charge in [0.15, 0.2) is 0 Å². The van der Waals surface area contributed by atoms with E-state index in [-0.39, 0.29) is 24.2 Å². The van der Waals surface area contributed by atoms with Gasteiger partial charge in [0.1, 0.15) is 0 Å². The minimum atomic E-state index is -0.417. The van der Waals surface area contributed by atoms with Crippen molar-refractivity contribution in [2.45, 2.75) is 13.0 Å². The van der Waals surface area contributed by atoms with Gasteiger partial charge in [-0.15, -0.1) is 12.4 Å². The smallest absolute Gasteiger partial charge is 0.269 e. The normalized spacial score (nSPS) is 10.6. The van der Waals surface area contributed by atoms with Crippen molar-refractivity contribution >= 4 is 18.1 Å². The molecule has 1 atom stereocenters. The number of aliphatic hydroxyl groups is 1. The Hall–Kier alpha value is -1.95. The number of hydrogen-bond donors (Lipinski definition) is 2. The Morgan fingerprint density at radius 3 is 2.00 bits per heavy atom. The van der Waals surface area contributed by atoms with Crippen LogP contribution in [0.4, 0.5) is 5.69 Å². The lowest BCUT2D eigenvalue weighted by Crippen LogP contribution is -2.20. The zero-order chi connectivity index (χ0) is 15.5. The second kappa shape index (κ2) is 11.7. The number of rotatable bonds is 5. The molecule has 2 aromatic carbocycles. The molecule has 0 fully saturated rings. The van der Waals surface area contributed by atoms with Crippen molar-refractivity contribution in [3.05, 3.63) is 76.3 Å². The molecule has 0 aliphatic rings. The zero-order valence-corrected chi connectivity index (χ0v) is 13.2. The lowest BCUT2D eigenvalue weighted by atomic mass is 10.1. The summed E-state index contributed by atoms with van der Waals surface area (Å²) in [7, 11) is 0. The lowest BCUT2D eigenvalue weighted by molar-refractivity contribution is -0.384. The second-order valence-corrected chi connectivity index (χ2v) is 4.33. The molecule has 22 heavy (non-hydrogen) atoms. The molecule has 0 bridgehead atoms. The highest BCUT2D eigenvalue weighted by Gasteiger charge is 2.04. The van der Waals surface area contributed by atoms with Gasteiger partial charge in [-0.05, 0) is 12.1 Å². The van der Waals surface area contributed by atoms with E-state index in [1.807, 2.05) is 37.3 Å². The van der Waals surface area contributed by atoms with Crippen LogP contribution in [0, 0.1) is 10.1 Å². The quantitative estimate of drug-likeness (QED) is 0.653. The van der Waals surface area contributed by atoms with Crippen molar-refractivity contribution in [3.8, 4) is 0 Å². The standard InChI is InChI=1S/C10H15NO.C6H5NO2.ClH/c1-2-11-8-10(12)9-6-4-3-5-7-9;8-7(9)6-4-2-1-3-5-6;/h3-7,10-12H,2,8H2,1H3;1-5H;1H/t10-;;/m0../s1. The van der Waals surface area contributed by atoms with E-state index in [1.165, 1.54) is 12.1 Å². The molecule has 0 aliphatic heterocycles. The van der Waals surface area contributed by atoms with Crippen LogP contribution in [-0.4, -0.2) is 23.1 Å². The van der Waals surface area contributed by atoms with Crippen LogP contribution in [0.2, 0.25) is 0 Å². The summed E-state index contributed by atoms with van der Waals surface area (Å²) in [5.74, 6) is 0. The van der Waals surface area contributed by atoms with Gasteiger partial charge >= 0.3 is 0 Å². The molecule has 120 valence electrons. The molecule has 0 aromatic heterocycles. The molecule has 0 spiro atoms. The fourth-order valence-electron chi connectivity index (χ4n) is 1.62. The first-order valence-corrected chi connectivity index (χ1v) is 6.78. The molecular weight excluding hydrogens is 304 g/mol. The average Bonchev–Trinajstić information content (AvgIpc) is 2.55. The van der Waals surface area contributed by atoms with Gasteiger partial charge in [-0.1, -0.05) is 55.5 Å². The molecule has 0 saturated heterocycles. The third-order valence-electron chi connectivity index (χ3n) is 2.74. The molecule has 0 amide bonds. The van der Waals surface area contributed by atoms with E-state index in [4.69, 9.17) is 0 Å². The highest BCUT2D eigenvalue weighted by atomic mass is 35.5. The van der Waals surface area contributed by atoms with E-state index >= 15 is 0 Å². The van der Waals surface area contributed by atoms with Gasteiger partial charge in [-0.25, -0.2) is 0 Å². The van der Waals surface area contributed by atoms with Crippen LogP contribution in [-0.2, 0) is 0 Å². The topological polar surface area (TPSA) is 75.4 Å². The summed E-state index contributed by atoms with van der Waals surface area (Å²) in [5.41, 5.74) is 1.11. The van der Waals surface area contributed by atoms with Gasteiger partial charge in [-0.2, -0.15) is 0 Å². The number of likely N-dealkylation sites (N-methyl/N-ethyl adjacent to an activating group) is 1. The first kappa shape index (κ1) is 20.1. The Morgan fingerprint density at radius 2 is 1.59 bits per heavy atom. The third kappa shape index (κ3) is 7.73. The number of non-ortho nitro benzene ring substituents is 1. The van der Waals surface area contributed by atoms with Crippen molar-refractivity contribution in [1.82, 2.24) is 5.32 Å². The maximum absolute atomic E-state index is 10.0. The Bertz CT molecular complexity index is 523. The minimum Gasteiger partial charge on any atom is -0.387 e. The van der Waals surface area contributed by atoms with Gasteiger partial charge in [0, 0.05) is 18.7 Å². The van der Waals surface area contributed by atoms with Crippen molar-refractivity contribution in [1.29, 1.82) is 0 Å². The molecule has 0 aliphatic carbocycles. The largest absolute Gasteiger partial charge is 0.387 e. The molecule has 0 unspecified atom stereocenters. The molecular formula is C16H21ClN2O3. The lowest BCUT2D eigenvalue weighted by Gasteiger charge is -2.10. The van der Waals surface area contributed by atoms with Gasteiger partial charge in [0.25, 0.3) is 5.69 Å². The van der Waals surface area contributed by atoms with Crippen LogP contribution in [0.3, 0.4) is 0 Å². The van der Waals surface area contributed by atoms with Crippen molar-refractivity contribution in [3.63, 3.8) is 0 Å². The van der Waals surface area contributed by atoms with E-state index in [1.54, 1.807) is 18.2 Å². The number of nitro benzene ring substituents is 1. The monoisotopic (exact) mass is 324 g/mol. The van der Waals surface area contributed by atoms with Gasteiger partial charge in [0.05, 0.1) is 11.0 Å². The Kier molecular flexibility index (Phi) is 10.6. The number of halogens is 1. The molecule has 6 heteroatoms. The van der Waals surface area contributed by atoms with Crippen LogP contribution < -0.4 is 5.32 Å². The molecule has 0 heterocycles. The number of nitrogens with one attached hydrogen (secondary N) is 1. The number of hydrogen-bond acceptors (Lipinski definition) is 4. The fraction of sp³-hybridized carbons (Fsp3) is 0.250. The first-order chi connectivity index (χ1) is 10.1. The van der Waals surface area contributed by atoms with E-state index in [2.05, 4.69) is 5.32 Å². The molecule has 0 saturated carbocycles. The van der Waals surface area contributed by atoms with Crippen molar-refractivity contribution in [2.24, 2.45) is 0 Å². The molecule has 2 aromatic rings. The van der Waals surface area contributed by atoms with Gasteiger partial charge < -0.3 is 10.4 Å². The van der Waals surface area contributed by atoms with Crippen molar-refractivity contribution < 1.29 is 10.0 Å². The first-order valence-electron chi connectivity index (χ1n) is 6.78.